The number of nitrogen functional groups attached to an aromatic ring is 1. The summed E-state index contributed by atoms with van der Waals surface area (Å²) >= 11 is 0. The molecular weight excluding hydrogens is 429 g/mol. The number of benzene rings is 2. The van der Waals surface area contributed by atoms with E-state index in [2.05, 4.69) is 10.1 Å². The van der Waals surface area contributed by atoms with Gasteiger partial charge in [-0.25, -0.2) is 14.3 Å². The number of carboxylic acid groups (broad SMARTS) is 1. The summed E-state index contributed by atoms with van der Waals surface area (Å²) in [5.41, 5.74) is 5.03. The number of hydrogen-bond donors (Lipinski definition) is 2. The maximum absolute atomic E-state index is 13.2. The van der Waals surface area contributed by atoms with Crippen molar-refractivity contribution in [1.82, 2.24) is 14.6 Å². The fraction of sp³-hybridized carbons (Fsp3) is 0.0952. The highest BCUT2D eigenvalue weighted by molar-refractivity contribution is 5.86. The van der Waals surface area contributed by atoms with Gasteiger partial charge in [0, 0.05) is 23.4 Å². The van der Waals surface area contributed by atoms with Crippen molar-refractivity contribution in [3.63, 3.8) is 0 Å². The average Bonchev–Trinajstić information content (AvgIpc) is 3.39. The maximum Gasteiger partial charge on any atom is 0.433 e. The topological polar surface area (TPSA) is 112 Å². The van der Waals surface area contributed by atoms with Crippen molar-refractivity contribution in [3.05, 3.63) is 72.1 Å². The van der Waals surface area contributed by atoms with Crippen molar-refractivity contribution >= 4 is 17.3 Å². The summed E-state index contributed by atoms with van der Waals surface area (Å²) in [6.45, 7) is 0.304. The Morgan fingerprint density at radius 3 is 2.44 bits per heavy atom. The van der Waals surface area contributed by atoms with Crippen molar-refractivity contribution in [1.29, 1.82) is 0 Å². The Morgan fingerprint density at radius 2 is 1.75 bits per heavy atom. The zero-order valence-electron chi connectivity index (χ0n) is 16.2. The highest BCUT2D eigenvalue weighted by Gasteiger charge is 2.35. The first-order valence-electron chi connectivity index (χ1n) is 9.14. The molecule has 0 unspecified atom stereocenters. The molecular formula is C21H15F3N4O4. The first kappa shape index (κ1) is 21.0. The van der Waals surface area contributed by atoms with Gasteiger partial charge in [0.2, 0.25) is 6.79 Å². The van der Waals surface area contributed by atoms with Crippen molar-refractivity contribution < 1.29 is 32.5 Å². The molecule has 0 saturated carbocycles. The minimum Gasteiger partial charge on any atom is -0.476 e. The summed E-state index contributed by atoms with van der Waals surface area (Å²) < 4.78 is 50.2. The zero-order valence-corrected chi connectivity index (χ0v) is 16.2. The van der Waals surface area contributed by atoms with Crippen LogP contribution in [0.3, 0.4) is 0 Å². The predicted octanol–water partition coefficient (Wildman–Crippen LogP) is 4.11. The van der Waals surface area contributed by atoms with Crippen molar-refractivity contribution in [2.24, 2.45) is 0 Å². The van der Waals surface area contributed by atoms with Gasteiger partial charge >= 0.3 is 12.1 Å². The first-order valence-corrected chi connectivity index (χ1v) is 9.14. The Bertz CT molecular complexity index is 1290. The lowest BCUT2D eigenvalue weighted by Crippen LogP contribution is -2.14. The maximum atomic E-state index is 13.2. The van der Waals surface area contributed by atoms with Gasteiger partial charge in [-0.3, -0.25) is 0 Å². The van der Waals surface area contributed by atoms with Gasteiger partial charge in [0.15, 0.2) is 28.5 Å². The van der Waals surface area contributed by atoms with E-state index in [0.29, 0.717) is 22.6 Å². The molecule has 3 heterocycles. The molecule has 2 aromatic heterocycles. The number of fused-ring (bicyclic) bond motifs is 2. The van der Waals surface area contributed by atoms with Crippen LogP contribution in [0.2, 0.25) is 0 Å². The van der Waals surface area contributed by atoms with Crippen LogP contribution in [-0.2, 0) is 6.18 Å². The van der Waals surface area contributed by atoms with Gasteiger partial charge in [-0.2, -0.15) is 18.3 Å². The second kappa shape index (κ2) is 8.10. The smallest absolute Gasteiger partial charge is 0.433 e. The van der Waals surface area contributed by atoms with Crippen LogP contribution in [0.25, 0.3) is 16.9 Å². The number of anilines is 1. The summed E-state index contributed by atoms with van der Waals surface area (Å²) in [6.07, 6.45) is -4.69. The van der Waals surface area contributed by atoms with Crippen molar-refractivity contribution in [2.75, 3.05) is 12.5 Å². The number of hydrogen-bond acceptors (Lipinski definition) is 6. The normalized spacial score (nSPS) is 12.3. The number of halogens is 3. The Kier molecular flexibility index (Phi) is 5.31. The van der Waals surface area contributed by atoms with Crippen LogP contribution in [0.5, 0.6) is 11.5 Å². The van der Waals surface area contributed by atoms with Gasteiger partial charge in [0.25, 0.3) is 0 Å². The molecule has 0 amide bonds. The summed E-state index contributed by atoms with van der Waals surface area (Å²) in [6, 6.07) is 15.5. The largest absolute Gasteiger partial charge is 0.476 e. The van der Waals surface area contributed by atoms with E-state index >= 15 is 0 Å². The average molecular weight is 444 g/mol. The van der Waals surface area contributed by atoms with Gasteiger partial charge in [-0.1, -0.05) is 30.3 Å². The quantitative estimate of drug-likeness (QED) is 0.448. The second-order valence-electron chi connectivity index (χ2n) is 6.61. The Hall–Kier alpha value is -4.28. The van der Waals surface area contributed by atoms with Gasteiger partial charge in [-0.15, -0.1) is 0 Å². The molecule has 4 aromatic rings. The highest BCUT2D eigenvalue weighted by atomic mass is 19.4. The number of aromatic nitrogens is 3. The molecule has 0 spiro atoms. The number of aromatic carboxylic acids is 1. The van der Waals surface area contributed by atoms with Crippen LogP contribution >= 0.6 is 0 Å². The Balaban J connectivity index is 0.000000203. The Labute approximate surface area is 178 Å². The molecule has 8 nitrogen and oxygen atoms in total. The van der Waals surface area contributed by atoms with Crippen LogP contribution < -0.4 is 15.2 Å². The third kappa shape index (κ3) is 4.26. The number of ether oxygens (including phenoxy) is 2. The molecule has 0 bridgehead atoms. The third-order valence-corrected chi connectivity index (χ3v) is 4.40. The van der Waals surface area contributed by atoms with E-state index in [1.807, 2.05) is 0 Å². The molecule has 0 atom stereocenters. The lowest BCUT2D eigenvalue weighted by Gasteiger charge is -2.10. The molecule has 0 fully saturated rings. The molecule has 3 N–H and O–H groups in total. The molecule has 0 saturated heterocycles. The van der Waals surface area contributed by atoms with E-state index in [-0.39, 0.29) is 11.3 Å². The number of rotatable bonds is 2. The molecule has 5 rings (SSSR count). The van der Waals surface area contributed by atoms with Crippen LogP contribution in [0.4, 0.5) is 18.9 Å². The fourth-order valence-corrected chi connectivity index (χ4v) is 2.95. The van der Waals surface area contributed by atoms with Gasteiger partial charge in [0.1, 0.15) is 0 Å². The fourth-order valence-electron chi connectivity index (χ4n) is 2.95. The lowest BCUT2D eigenvalue weighted by molar-refractivity contribution is -0.142. The lowest BCUT2D eigenvalue weighted by atomic mass is 10.1. The summed E-state index contributed by atoms with van der Waals surface area (Å²) in [5, 5.41) is 12.3. The zero-order chi connectivity index (χ0) is 22.9. The van der Waals surface area contributed by atoms with E-state index in [9.17, 15) is 18.0 Å². The number of nitrogens with two attached hydrogens (primary N) is 1. The SMILES string of the molecule is Nc1ccc2c(c1)OCO2.O=C(O)c1cc2nc(-c3ccccc3)cc(C(F)(F)F)n2n1. The predicted molar refractivity (Wildman–Crippen MR) is 107 cm³/mol. The van der Waals surface area contributed by atoms with Gasteiger partial charge < -0.3 is 20.3 Å². The number of nitrogens with zero attached hydrogens (tertiary/aromatic N) is 3. The monoisotopic (exact) mass is 444 g/mol. The van der Waals surface area contributed by atoms with Crippen molar-refractivity contribution in [2.45, 2.75) is 6.18 Å². The minimum absolute atomic E-state index is 0.0947. The number of carbonyl (C=O) groups is 1. The molecule has 164 valence electrons. The summed E-state index contributed by atoms with van der Waals surface area (Å²) in [4.78, 5) is 15.0. The van der Waals surface area contributed by atoms with E-state index in [1.165, 1.54) is 0 Å². The van der Waals surface area contributed by atoms with E-state index in [1.54, 1.807) is 48.5 Å². The number of alkyl halides is 3. The molecule has 0 aliphatic carbocycles. The van der Waals surface area contributed by atoms with Crippen LogP contribution in [0, 0.1) is 0 Å². The molecule has 32 heavy (non-hydrogen) atoms. The van der Waals surface area contributed by atoms with Gasteiger partial charge in [0.05, 0.1) is 5.69 Å². The van der Waals surface area contributed by atoms with Crippen LogP contribution in [0.1, 0.15) is 16.2 Å². The Morgan fingerprint density at radius 1 is 1.03 bits per heavy atom. The minimum atomic E-state index is -4.69. The third-order valence-electron chi connectivity index (χ3n) is 4.40. The second-order valence-corrected chi connectivity index (χ2v) is 6.61. The molecule has 11 heteroatoms. The van der Waals surface area contributed by atoms with E-state index in [0.717, 1.165) is 23.6 Å². The summed E-state index contributed by atoms with van der Waals surface area (Å²) in [5.74, 6) is 0.0917. The summed E-state index contributed by atoms with van der Waals surface area (Å²) in [7, 11) is 0. The van der Waals surface area contributed by atoms with E-state index in [4.69, 9.17) is 20.3 Å². The molecule has 1 aliphatic rings. The van der Waals surface area contributed by atoms with E-state index < -0.39 is 23.5 Å². The van der Waals surface area contributed by atoms with Crippen LogP contribution in [0.15, 0.2) is 60.7 Å². The van der Waals surface area contributed by atoms with Gasteiger partial charge in [-0.05, 0) is 18.2 Å². The highest BCUT2D eigenvalue weighted by Crippen LogP contribution is 2.33. The molecule has 1 aliphatic heterocycles. The standard InChI is InChI=1S/C14H8F3N3O2.C7H7NO2/c15-14(16,17)11-6-9(8-4-2-1-3-5-8)18-12-7-10(13(21)22)19-20(11)12;8-5-1-2-6-7(3-5)10-4-9-6/h1-7H,(H,21,22);1-3H,4,8H2. The molecule has 2 aromatic carbocycles. The molecule has 0 radical (unpaired) electrons. The van der Waals surface area contributed by atoms with Crippen LogP contribution in [-0.4, -0.2) is 32.5 Å². The van der Waals surface area contributed by atoms with Crippen molar-refractivity contribution in [3.8, 4) is 22.8 Å². The number of carboxylic acids is 1. The first-order chi connectivity index (χ1) is 15.2.